The van der Waals surface area contributed by atoms with Gasteiger partial charge in [0.05, 0.1) is 13.7 Å². The van der Waals surface area contributed by atoms with E-state index < -0.39 is 6.10 Å². The van der Waals surface area contributed by atoms with Crippen LogP contribution in [0.15, 0.2) is 42.5 Å². The van der Waals surface area contributed by atoms with Gasteiger partial charge in [0.25, 0.3) is 11.8 Å². The summed E-state index contributed by atoms with van der Waals surface area (Å²) in [4.78, 5) is 26.5. The van der Waals surface area contributed by atoms with E-state index in [1.165, 1.54) is 0 Å². The third-order valence-corrected chi connectivity index (χ3v) is 6.77. The van der Waals surface area contributed by atoms with Crippen LogP contribution in [-0.4, -0.2) is 55.7 Å². The van der Waals surface area contributed by atoms with Gasteiger partial charge in [0.2, 0.25) is 0 Å². The zero-order chi connectivity index (χ0) is 25.2. The lowest BCUT2D eigenvalue weighted by Gasteiger charge is -2.33. The van der Waals surface area contributed by atoms with Crippen LogP contribution in [-0.2, 0) is 11.2 Å². The summed E-state index contributed by atoms with van der Waals surface area (Å²) >= 11 is 0. The van der Waals surface area contributed by atoms with Crippen molar-refractivity contribution in [2.45, 2.75) is 51.6 Å². The second-order valence-corrected chi connectivity index (χ2v) is 9.04. The number of piperidine rings is 1. The molecule has 7 nitrogen and oxygen atoms in total. The van der Waals surface area contributed by atoms with Crippen molar-refractivity contribution < 1.29 is 24.2 Å². The van der Waals surface area contributed by atoms with Gasteiger partial charge < -0.3 is 24.8 Å². The Morgan fingerprint density at radius 3 is 2.57 bits per heavy atom. The van der Waals surface area contributed by atoms with Crippen LogP contribution in [0.1, 0.15) is 66.6 Å². The third kappa shape index (κ3) is 7.21. The van der Waals surface area contributed by atoms with E-state index in [1.807, 2.05) is 25.1 Å². The molecule has 1 fully saturated rings. The quantitative estimate of drug-likeness (QED) is 0.470. The molecular formula is C28H38N2O5. The predicted octanol–water partition coefficient (Wildman–Crippen LogP) is 4.14. The van der Waals surface area contributed by atoms with E-state index in [-0.39, 0.29) is 11.8 Å². The lowest BCUT2D eigenvalue weighted by molar-refractivity contribution is -0.142. The molecule has 0 bridgehead atoms. The van der Waals surface area contributed by atoms with E-state index in [0.29, 0.717) is 42.5 Å². The maximum Gasteiger partial charge on any atom is 0.256 e. The highest BCUT2D eigenvalue weighted by Crippen LogP contribution is 2.27. The first-order chi connectivity index (χ1) is 17.0. The fourth-order valence-corrected chi connectivity index (χ4v) is 4.60. The molecule has 0 aliphatic carbocycles. The molecule has 1 aliphatic heterocycles. The Morgan fingerprint density at radius 2 is 1.89 bits per heavy atom. The number of aliphatic hydroxyl groups excluding tert-OH is 1. The second-order valence-electron chi connectivity index (χ2n) is 9.04. The van der Waals surface area contributed by atoms with Crippen molar-refractivity contribution in [1.82, 2.24) is 10.2 Å². The summed E-state index contributed by atoms with van der Waals surface area (Å²) in [7, 11) is 3.21. The average molecular weight is 483 g/mol. The van der Waals surface area contributed by atoms with Gasteiger partial charge in [-0.25, -0.2) is 0 Å². The number of unbranched alkanes of at least 4 members (excludes halogenated alkanes) is 1. The zero-order valence-electron chi connectivity index (χ0n) is 21.1. The Hall–Kier alpha value is -3.06. The zero-order valence-corrected chi connectivity index (χ0v) is 21.1. The summed E-state index contributed by atoms with van der Waals surface area (Å²) in [5.74, 6) is 1.71. The second kappa shape index (κ2) is 13.1. The van der Waals surface area contributed by atoms with Gasteiger partial charge in [0.15, 0.2) is 6.10 Å². The Kier molecular flexibility index (Phi) is 9.97. The van der Waals surface area contributed by atoms with E-state index in [0.717, 1.165) is 49.8 Å². The summed E-state index contributed by atoms with van der Waals surface area (Å²) in [6, 6.07) is 12.7. The van der Waals surface area contributed by atoms with Gasteiger partial charge in [-0.1, -0.05) is 25.5 Å². The number of nitrogens with zero attached hydrogens (tertiary/aromatic N) is 1. The third-order valence-electron chi connectivity index (χ3n) is 6.77. The SMILES string of the molecule is CCc1cc(OCCCCC2CCN(C(=O)C(O)c3cccc(OC)c3)CC2)ccc1C(=O)NC. The van der Waals surface area contributed by atoms with Gasteiger partial charge in [-0.05, 0) is 79.5 Å². The fourth-order valence-electron chi connectivity index (χ4n) is 4.60. The van der Waals surface area contributed by atoms with Gasteiger partial charge in [-0.3, -0.25) is 9.59 Å². The summed E-state index contributed by atoms with van der Waals surface area (Å²) in [6.07, 6.45) is 4.68. The number of aliphatic hydroxyl groups is 1. The monoisotopic (exact) mass is 482 g/mol. The van der Waals surface area contributed by atoms with Crippen LogP contribution in [0.2, 0.25) is 0 Å². The molecule has 1 atom stereocenters. The predicted molar refractivity (Wildman–Crippen MR) is 136 cm³/mol. The number of carbonyl (C=O) groups is 2. The minimum atomic E-state index is -1.16. The molecule has 0 aromatic heterocycles. The highest BCUT2D eigenvalue weighted by atomic mass is 16.5. The van der Waals surface area contributed by atoms with Crippen molar-refractivity contribution in [3.8, 4) is 11.5 Å². The standard InChI is InChI=1S/C28H38N2O5/c1-4-21-18-24(11-12-25(21)27(32)29-2)35-17-6-5-8-20-13-15-30(16-14-20)28(33)26(31)22-9-7-10-23(19-22)34-3/h7,9-12,18-20,26,31H,4-6,8,13-17H2,1-3H3,(H,29,32). The Labute approximate surface area is 208 Å². The molecule has 0 spiro atoms. The molecule has 190 valence electrons. The van der Waals surface area contributed by atoms with E-state index in [2.05, 4.69) is 5.32 Å². The van der Waals surface area contributed by atoms with Crippen LogP contribution in [0.5, 0.6) is 11.5 Å². The summed E-state index contributed by atoms with van der Waals surface area (Å²) < 4.78 is 11.1. The van der Waals surface area contributed by atoms with Crippen molar-refractivity contribution in [3.63, 3.8) is 0 Å². The molecular weight excluding hydrogens is 444 g/mol. The number of benzene rings is 2. The first-order valence-corrected chi connectivity index (χ1v) is 12.5. The smallest absolute Gasteiger partial charge is 0.256 e. The molecule has 1 saturated heterocycles. The van der Waals surface area contributed by atoms with Gasteiger partial charge in [0, 0.05) is 25.7 Å². The number of likely N-dealkylation sites (tertiary alicyclic amines) is 1. The number of hydrogen-bond acceptors (Lipinski definition) is 5. The van der Waals surface area contributed by atoms with Gasteiger partial charge in [-0.2, -0.15) is 0 Å². The number of methoxy groups -OCH3 is 1. The lowest BCUT2D eigenvalue weighted by Crippen LogP contribution is -2.41. The first-order valence-electron chi connectivity index (χ1n) is 12.5. The molecule has 0 radical (unpaired) electrons. The minimum Gasteiger partial charge on any atom is -0.497 e. The van der Waals surface area contributed by atoms with E-state index in [4.69, 9.17) is 9.47 Å². The van der Waals surface area contributed by atoms with Crippen LogP contribution < -0.4 is 14.8 Å². The van der Waals surface area contributed by atoms with Crippen molar-refractivity contribution in [1.29, 1.82) is 0 Å². The maximum atomic E-state index is 12.8. The van der Waals surface area contributed by atoms with Crippen molar-refractivity contribution in [2.75, 3.05) is 33.9 Å². The summed E-state index contributed by atoms with van der Waals surface area (Å²) in [6.45, 7) is 4.04. The molecule has 35 heavy (non-hydrogen) atoms. The van der Waals surface area contributed by atoms with Gasteiger partial charge in [-0.15, -0.1) is 0 Å². The lowest BCUT2D eigenvalue weighted by atomic mass is 9.91. The maximum absolute atomic E-state index is 12.8. The number of nitrogens with one attached hydrogen (secondary N) is 1. The molecule has 1 aliphatic rings. The van der Waals surface area contributed by atoms with Gasteiger partial charge in [0.1, 0.15) is 11.5 Å². The first kappa shape index (κ1) is 26.5. The number of rotatable bonds is 11. The van der Waals surface area contributed by atoms with Crippen LogP contribution in [0.3, 0.4) is 0 Å². The Balaban J connectivity index is 1.36. The number of aryl methyl sites for hydroxylation is 1. The molecule has 1 heterocycles. The average Bonchev–Trinajstić information content (AvgIpc) is 2.91. The highest BCUT2D eigenvalue weighted by Gasteiger charge is 2.28. The van der Waals surface area contributed by atoms with E-state index >= 15 is 0 Å². The minimum absolute atomic E-state index is 0.0732. The normalized spacial score (nSPS) is 14.9. The highest BCUT2D eigenvalue weighted by molar-refractivity contribution is 5.95. The van der Waals surface area contributed by atoms with E-state index in [1.54, 1.807) is 43.3 Å². The molecule has 2 aromatic rings. The number of ether oxygens (including phenoxy) is 2. The number of amides is 2. The molecule has 1 unspecified atom stereocenters. The molecule has 7 heteroatoms. The molecule has 2 amide bonds. The van der Waals surface area contributed by atoms with Crippen LogP contribution in [0.25, 0.3) is 0 Å². The Bertz CT molecular complexity index is 985. The van der Waals surface area contributed by atoms with Crippen molar-refractivity contribution >= 4 is 11.8 Å². The topological polar surface area (TPSA) is 88.1 Å². The molecule has 0 saturated carbocycles. The fraction of sp³-hybridized carbons (Fsp3) is 0.500. The number of carbonyl (C=O) groups excluding carboxylic acids is 2. The van der Waals surface area contributed by atoms with Crippen LogP contribution in [0.4, 0.5) is 0 Å². The molecule has 2 N–H and O–H groups in total. The Morgan fingerprint density at radius 1 is 1.11 bits per heavy atom. The van der Waals surface area contributed by atoms with Crippen molar-refractivity contribution in [3.05, 3.63) is 59.2 Å². The summed E-state index contributed by atoms with van der Waals surface area (Å²) in [5, 5.41) is 13.2. The van der Waals surface area contributed by atoms with Crippen molar-refractivity contribution in [2.24, 2.45) is 5.92 Å². The van der Waals surface area contributed by atoms with E-state index in [9.17, 15) is 14.7 Å². The van der Waals surface area contributed by atoms with Crippen LogP contribution >= 0.6 is 0 Å². The molecule has 2 aromatic carbocycles. The number of hydrogen-bond donors (Lipinski definition) is 2. The largest absolute Gasteiger partial charge is 0.497 e. The van der Waals surface area contributed by atoms with Gasteiger partial charge >= 0.3 is 0 Å². The molecule has 3 rings (SSSR count). The van der Waals surface area contributed by atoms with Crippen LogP contribution in [0, 0.1) is 5.92 Å². The summed E-state index contributed by atoms with van der Waals surface area (Å²) in [5.41, 5.74) is 2.24.